The Hall–Kier alpha value is -1.10. The fraction of sp³-hybridized carbons (Fsp3) is 0.875. The maximum Gasteiger partial charge on any atom is 0.306 e. The molecule has 2 aliphatic carbocycles. The summed E-state index contributed by atoms with van der Waals surface area (Å²) in [5, 5.41) is 8.96. The van der Waals surface area contributed by atoms with E-state index in [9.17, 15) is 9.59 Å². The molecule has 0 atom stereocenters. The number of amides is 1. The first-order valence-corrected chi connectivity index (χ1v) is 8.18. The van der Waals surface area contributed by atoms with Crippen molar-refractivity contribution in [2.24, 2.45) is 5.92 Å². The number of ether oxygens (including phenoxy) is 1. The molecule has 0 aromatic carbocycles. The zero-order valence-electron chi connectivity index (χ0n) is 12.9. The lowest BCUT2D eigenvalue weighted by molar-refractivity contribution is -0.146. The molecule has 0 unspecified atom stereocenters. The third-order valence-electron chi connectivity index (χ3n) is 4.98. The van der Waals surface area contributed by atoms with Gasteiger partial charge >= 0.3 is 5.97 Å². The molecule has 2 rings (SSSR count). The number of nitrogens with zero attached hydrogens (tertiary/aromatic N) is 1. The molecule has 2 saturated carbocycles. The lowest BCUT2D eigenvalue weighted by atomic mass is 9.87. The highest BCUT2D eigenvalue weighted by atomic mass is 16.5. The van der Waals surface area contributed by atoms with Gasteiger partial charge in [-0.3, -0.25) is 9.59 Å². The maximum absolute atomic E-state index is 12.2. The van der Waals surface area contributed by atoms with Crippen LogP contribution in [-0.2, 0) is 14.3 Å². The van der Waals surface area contributed by atoms with Crippen LogP contribution in [0.5, 0.6) is 0 Å². The van der Waals surface area contributed by atoms with Crippen LogP contribution in [0.1, 0.15) is 57.8 Å². The number of aliphatic carboxylic acids is 1. The first-order chi connectivity index (χ1) is 10.1. The first-order valence-electron chi connectivity index (χ1n) is 8.18. The van der Waals surface area contributed by atoms with Crippen molar-refractivity contribution in [3.8, 4) is 0 Å². The molecule has 1 N–H and O–H groups in total. The number of carboxylic acid groups (broad SMARTS) is 1. The Morgan fingerprint density at radius 1 is 1.05 bits per heavy atom. The fourth-order valence-corrected chi connectivity index (χ4v) is 3.44. The number of carbonyl (C=O) groups excluding carboxylic acids is 1. The quantitative estimate of drug-likeness (QED) is 0.846. The van der Waals surface area contributed by atoms with Gasteiger partial charge in [0.2, 0.25) is 5.91 Å². The Morgan fingerprint density at radius 3 is 2.24 bits per heavy atom. The second-order valence-corrected chi connectivity index (χ2v) is 6.42. The minimum Gasteiger partial charge on any atom is -0.481 e. The lowest BCUT2D eigenvalue weighted by Crippen LogP contribution is -2.41. The molecule has 0 radical (unpaired) electrons. The molecular formula is C16H27NO4. The summed E-state index contributed by atoms with van der Waals surface area (Å²) >= 11 is 0. The highest BCUT2D eigenvalue weighted by Crippen LogP contribution is 2.26. The normalized spacial score (nSPS) is 27.3. The summed E-state index contributed by atoms with van der Waals surface area (Å²) in [7, 11) is 1.88. The van der Waals surface area contributed by atoms with Crippen molar-refractivity contribution in [3.63, 3.8) is 0 Å². The molecule has 21 heavy (non-hydrogen) atoms. The average Bonchev–Trinajstić information content (AvgIpc) is 2.53. The molecule has 0 aliphatic heterocycles. The van der Waals surface area contributed by atoms with Gasteiger partial charge < -0.3 is 14.7 Å². The van der Waals surface area contributed by atoms with E-state index in [1.165, 1.54) is 19.3 Å². The van der Waals surface area contributed by atoms with Gasteiger partial charge in [0.05, 0.1) is 12.0 Å². The molecule has 1 amide bonds. The van der Waals surface area contributed by atoms with E-state index in [-0.39, 0.29) is 24.5 Å². The summed E-state index contributed by atoms with van der Waals surface area (Å²) in [4.78, 5) is 24.9. The molecule has 0 spiro atoms. The first kappa shape index (κ1) is 16.3. The number of rotatable bonds is 5. The van der Waals surface area contributed by atoms with Crippen LogP contribution in [0.2, 0.25) is 0 Å². The second-order valence-electron chi connectivity index (χ2n) is 6.42. The molecule has 120 valence electrons. The van der Waals surface area contributed by atoms with Crippen LogP contribution in [0.3, 0.4) is 0 Å². The molecule has 5 heteroatoms. The third kappa shape index (κ3) is 4.70. The predicted octanol–water partition coefficient (Wildman–Crippen LogP) is 2.44. The van der Waals surface area contributed by atoms with E-state index in [1.807, 2.05) is 11.9 Å². The zero-order valence-corrected chi connectivity index (χ0v) is 12.9. The van der Waals surface area contributed by atoms with Crippen LogP contribution in [0.25, 0.3) is 0 Å². The number of likely N-dealkylation sites (N-methyl/N-ethyl adjacent to an activating group) is 1. The van der Waals surface area contributed by atoms with Gasteiger partial charge in [0, 0.05) is 13.1 Å². The summed E-state index contributed by atoms with van der Waals surface area (Å²) in [5.74, 6) is -0.880. The number of hydrogen-bond donors (Lipinski definition) is 1. The van der Waals surface area contributed by atoms with Crippen LogP contribution >= 0.6 is 0 Å². The molecule has 2 fully saturated rings. The van der Waals surface area contributed by atoms with Crippen LogP contribution in [0.15, 0.2) is 0 Å². The molecule has 0 aromatic heterocycles. The van der Waals surface area contributed by atoms with E-state index in [2.05, 4.69) is 0 Å². The van der Waals surface area contributed by atoms with E-state index < -0.39 is 5.97 Å². The fourth-order valence-electron chi connectivity index (χ4n) is 3.44. The van der Waals surface area contributed by atoms with Gasteiger partial charge in [-0.25, -0.2) is 0 Å². The van der Waals surface area contributed by atoms with E-state index in [0.29, 0.717) is 18.9 Å². The highest BCUT2D eigenvalue weighted by Gasteiger charge is 2.27. The van der Waals surface area contributed by atoms with Crippen LogP contribution in [0, 0.1) is 5.92 Å². The largest absolute Gasteiger partial charge is 0.481 e. The number of hydrogen-bond acceptors (Lipinski definition) is 3. The predicted molar refractivity (Wildman–Crippen MR) is 79.0 cm³/mol. The Morgan fingerprint density at radius 2 is 1.67 bits per heavy atom. The average molecular weight is 297 g/mol. The second kappa shape index (κ2) is 7.78. The number of carboxylic acids is 1. The van der Waals surface area contributed by atoms with E-state index >= 15 is 0 Å². The minimum atomic E-state index is -0.707. The summed E-state index contributed by atoms with van der Waals surface area (Å²) in [6, 6.07) is 0.373. The SMILES string of the molecule is CN(C(=O)COC1CCC(C(=O)O)CC1)C1CCCCC1. The Bertz CT molecular complexity index is 357. The summed E-state index contributed by atoms with van der Waals surface area (Å²) in [6.45, 7) is 0.134. The van der Waals surface area contributed by atoms with Crippen molar-refractivity contribution in [1.29, 1.82) is 0 Å². The van der Waals surface area contributed by atoms with Gasteiger partial charge in [-0.05, 0) is 38.5 Å². The van der Waals surface area contributed by atoms with Crippen molar-refractivity contribution in [2.45, 2.75) is 69.9 Å². The highest BCUT2D eigenvalue weighted by molar-refractivity contribution is 5.77. The van der Waals surface area contributed by atoms with Gasteiger partial charge in [0.15, 0.2) is 0 Å². The molecule has 0 saturated heterocycles. The molecule has 2 aliphatic rings. The molecule has 0 bridgehead atoms. The number of carbonyl (C=O) groups is 2. The van der Waals surface area contributed by atoms with E-state index in [1.54, 1.807) is 0 Å². The van der Waals surface area contributed by atoms with Crippen LogP contribution in [0.4, 0.5) is 0 Å². The standard InChI is InChI=1S/C16H27NO4/c1-17(13-5-3-2-4-6-13)15(18)11-21-14-9-7-12(8-10-14)16(19)20/h12-14H,2-11H2,1H3,(H,19,20). The minimum absolute atomic E-state index is 0.0457. The van der Waals surface area contributed by atoms with Crippen molar-refractivity contribution < 1.29 is 19.4 Å². The van der Waals surface area contributed by atoms with Crippen molar-refractivity contribution in [2.75, 3.05) is 13.7 Å². The van der Waals surface area contributed by atoms with Crippen molar-refractivity contribution >= 4 is 11.9 Å². The van der Waals surface area contributed by atoms with Crippen molar-refractivity contribution in [1.82, 2.24) is 4.90 Å². The van der Waals surface area contributed by atoms with Gasteiger partial charge in [-0.15, -0.1) is 0 Å². The Labute approximate surface area is 126 Å². The molecule has 0 heterocycles. The summed E-state index contributed by atoms with van der Waals surface area (Å²) in [5.41, 5.74) is 0. The Balaban J connectivity index is 1.68. The van der Waals surface area contributed by atoms with Crippen molar-refractivity contribution in [3.05, 3.63) is 0 Å². The monoisotopic (exact) mass is 297 g/mol. The van der Waals surface area contributed by atoms with Gasteiger partial charge in [-0.2, -0.15) is 0 Å². The molecule has 0 aromatic rings. The van der Waals surface area contributed by atoms with E-state index in [4.69, 9.17) is 9.84 Å². The summed E-state index contributed by atoms with van der Waals surface area (Å²) < 4.78 is 5.70. The van der Waals surface area contributed by atoms with E-state index in [0.717, 1.165) is 25.7 Å². The third-order valence-corrected chi connectivity index (χ3v) is 4.98. The smallest absolute Gasteiger partial charge is 0.306 e. The van der Waals surface area contributed by atoms with Crippen LogP contribution < -0.4 is 0 Å². The van der Waals surface area contributed by atoms with Gasteiger partial charge in [-0.1, -0.05) is 19.3 Å². The Kier molecular flexibility index (Phi) is 6.03. The maximum atomic E-state index is 12.2. The van der Waals surface area contributed by atoms with Gasteiger partial charge in [0.1, 0.15) is 6.61 Å². The molecular weight excluding hydrogens is 270 g/mol. The topological polar surface area (TPSA) is 66.8 Å². The molecule has 5 nitrogen and oxygen atoms in total. The van der Waals surface area contributed by atoms with Crippen LogP contribution in [-0.4, -0.2) is 47.7 Å². The zero-order chi connectivity index (χ0) is 15.2. The van der Waals surface area contributed by atoms with Gasteiger partial charge in [0.25, 0.3) is 0 Å². The lowest BCUT2D eigenvalue weighted by Gasteiger charge is -2.32. The summed E-state index contributed by atoms with van der Waals surface area (Å²) in [6.07, 6.45) is 8.77.